The molecule has 1 unspecified atom stereocenters. The molecule has 21 heavy (non-hydrogen) atoms. The van der Waals surface area contributed by atoms with Gasteiger partial charge >= 0.3 is 0 Å². The standard InChI is InChI=1S/C16H20N2O3/c19-11-14-13-5-2-1-4-12(13)7-9-18(14)16(21)10-17-8-3-6-15(17)20/h1-2,4-5,14,19H,3,6-11H2. The van der Waals surface area contributed by atoms with Crippen LogP contribution in [0.3, 0.4) is 0 Å². The van der Waals surface area contributed by atoms with Crippen molar-refractivity contribution in [3.8, 4) is 0 Å². The Bertz CT molecular complexity index is 558. The minimum absolute atomic E-state index is 0.0568. The van der Waals surface area contributed by atoms with Gasteiger partial charge in [0, 0.05) is 19.5 Å². The number of fused-ring (bicyclic) bond motifs is 1. The average molecular weight is 288 g/mol. The quantitative estimate of drug-likeness (QED) is 0.892. The van der Waals surface area contributed by atoms with Gasteiger partial charge in [-0.2, -0.15) is 0 Å². The molecular weight excluding hydrogens is 268 g/mol. The van der Waals surface area contributed by atoms with Crippen LogP contribution in [0.1, 0.15) is 30.0 Å². The van der Waals surface area contributed by atoms with Gasteiger partial charge in [0.25, 0.3) is 0 Å². The maximum atomic E-state index is 12.5. The summed E-state index contributed by atoms with van der Waals surface area (Å²) in [5.74, 6) is -0.0138. The number of rotatable bonds is 3. The van der Waals surface area contributed by atoms with Gasteiger partial charge in [-0.15, -0.1) is 0 Å². The highest BCUT2D eigenvalue weighted by atomic mass is 16.3. The SMILES string of the molecule is O=C1CCCN1CC(=O)N1CCc2ccccc2C1CO. The summed E-state index contributed by atoms with van der Waals surface area (Å²) in [6.45, 7) is 1.32. The van der Waals surface area contributed by atoms with Gasteiger partial charge < -0.3 is 14.9 Å². The molecule has 0 bridgehead atoms. The van der Waals surface area contributed by atoms with Crippen LogP contribution >= 0.6 is 0 Å². The third kappa shape index (κ3) is 2.65. The van der Waals surface area contributed by atoms with Crippen LogP contribution in [0.2, 0.25) is 0 Å². The Labute approximate surface area is 124 Å². The molecule has 1 N–H and O–H groups in total. The van der Waals surface area contributed by atoms with E-state index < -0.39 is 0 Å². The van der Waals surface area contributed by atoms with E-state index in [0.717, 1.165) is 18.4 Å². The summed E-state index contributed by atoms with van der Waals surface area (Å²) in [5.41, 5.74) is 2.21. The van der Waals surface area contributed by atoms with Crippen molar-refractivity contribution < 1.29 is 14.7 Å². The molecular formula is C16H20N2O3. The molecule has 5 heteroatoms. The van der Waals surface area contributed by atoms with Crippen LogP contribution < -0.4 is 0 Å². The van der Waals surface area contributed by atoms with E-state index in [0.29, 0.717) is 19.5 Å². The molecule has 5 nitrogen and oxygen atoms in total. The molecule has 1 fully saturated rings. The molecule has 2 aliphatic rings. The zero-order valence-corrected chi connectivity index (χ0v) is 12.0. The van der Waals surface area contributed by atoms with Crippen LogP contribution in [-0.4, -0.2) is 53.0 Å². The summed E-state index contributed by atoms with van der Waals surface area (Å²) < 4.78 is 0. The van der Waals surface area contributed by atoms with E-state index in [9.17, 15) is 14.7 Å². The number of hydrogen-bond acceptors (Lipinski definition) is 3. The first kappa shape index (κ1) is 14.1. The van der Waals surface area contributed by atoms with Crippen LogP contribution in [0.4, 0.5) is 0 Å². The first-order chi connectivity index (χ1) is 10.2. The molecule has 1 atom stereocenters. The second kappa shape index (κ2) is 5.85. The Morgan fingerprint density at radius 1 is 1.24 bits per heavy atom. The molecule has 1 aromatic carbocycles. The van der Waals surface area contributed by atoms with E-state index in [1.807, 2.05) is 24.3 Å². The van der Waals surface area contributed by atoms with Crippen molar-refractivity contribution in [1.29, 1.82) is 0 Å². The van der Waals surface area contributed by atoms with Crippen molar-refractivity contribution in [1.82, 2.24) is 9.80 Å². The lowest BCUT2D eigenvalue weighted by molar-refractivity contribution is -0.141. The lowest BCUT2D eigenvalue weighted by Gasteiger charge is -2.37. The van der Waals surface area contributed by atoms with Gasteiger partial charge in [0.05, 0.1) is 19.2 Å². The molecule has 0 saturated carbocycles. The number of carbonyl (C=O) groups excluding carboxylic acids is 2. The van der Waals surface area contributed by atoms with Crippen LogP contribution in [0.25, 0.3) is 0 Å². The summed E-state index contributed by atoms with van der Waals surface area (Å²) in [7, 11) is 0. The fraction of sp³-hybridized carbons (Fsp3) is 0.500. The molecule has 2 amide bonds. The summed E-state index contributed by atoms with van der Waals surface area (Å²) in [6.07, 6.45) is 2.17. The predicted molar refractivity (Wildman–Crippen MR) is 77.5 cm³/mol. The number of aliphatic hydroxyl groups excluding tert-OH is 1. The van der Waals surface area contributed by atoms with Gasteiger partial charge in [0.1, 0.15) is 0 Å². The van der Waals surface area contributed by atoms with Crippen LogP contribution in [0, 0.1) is 0 Å². The van der Waals surface area contributed by atoms with E-state index in [2.05, 4.69) is 0 Å². The minimum atomic E-state index is -0.292. The third-order valence-electron chi connectivity index (χ3n) is 4.40. The van der Waals surface area contributed by atoms with Crippen molar-refractivity contribution in [2.24, 2.45) is 0 Å². The second-order valence-electron chi connectivity index (χ2n) is 5.65. The normalized spacial score (nSPS) is 21.6. The number of hydrogen-bond donors (Lipinski definition) is 1. The molecule has 0 spiro atoms. The zero-order valence-electron chi connectivity index (χ0n) is 12.0. The highest BCUT2D eigenvalue weighted by Gasteiger charge is 2.32. The van der Waals surface area contributed by atoms with Gasteiger partial charge in [0.2, 0.25) is 11.8 Å². The molecule has 3 rings (SSSR count). The Morgan fingerprint density at radius 2 is 2.05 bits per heavy atom. The molecule has 0 aromatic heterocycles. The third-order valence-corrected chi connectivity index (χ3v) is 4.40. The van der Waals surface area contributed by atoms with Crippen molar-refractivity contribution in [3.05, 3.63) is 35.4 Å². The fourth-order valence-corrected chi connectivity index (χ4v) is 3.27. The average Bonchev–Trinajstić information content (AvgIpc) is 2.91. The minimum Gasteiger partial charge on any atom is -0.394 e. The largest absolute Gasteiger partial charge is 0.394 e. The first-order valence-corrected chi connectivity index (χ1v) is 7.46. The highest BCUT2D eigenvalue weighted by molar-refractivity contribution is 5.86. The number of aliphatic hydroxyl groups is 1. The van der Waals surface area contributed by atoms with Crippen molar-refractivity contribution >= 4 is 11.8 Å². The lowest BCUT2D eigenvalue weighted by atomic mass is 9.93. The molecule has 0 aliphatic carbocycles. The Balaban J connectivity index is 1.76. The Hall–Kier alpha value is -1.88. The maximum Gasteiger partial charge on any atom is 0.242 e. The highest BCUT2D eigenvalue weighted by Crippen LogP contribution is 2.29. The predicted octanol–water partition coefficient (Wildman–Crippen LogP) is 0.727. The van der Waals surface area contributed by atoms with Gasteiger partial charge in [-0.1, -0.05) is 24.3 Å². The molecule has 0 radical (unpaired) electrons. The molecule has 1 saturated heterocycles. The van der Waals surface area contributed by atoms with Gasteiger partial charge in [-0.25, -0.2) is 0 Å². The Kier molecular flexibility index (Phi) is 3.92. The fourth-order valence-electron chi connectivity index (χ4n) is 3.27. The Morgan fingerprint density at radius 3 is 2.76 bits per heavy atom. The molecule has 112 valence electrons. The maximum absolute atomic E-state index is 12.5. The van der Waals surface area contributed by atoms with Crippen LogP contribution in [-0.2, 0) is 16.0 Å². The number of carbonyl (C=O) groups is 2. The summed E-state index contributed by atoms with van der Waals surface area (Å²) in [5, 5.41) is 9.70. The summed E-state index contributed by atoms with van der Waals surface area (Å²) in [6, 6.07) is 7.63. The molecule has 2 heterocycles. The van der Waals surface area contributed by atoms with E-state index in [4.69, 9.17) is 0 Å². The zero-order chi connectivity index (χ0) is 14.8. The van der Waals surface area contributed by atoms with Gasteiger partial charge in [0.15, 0.2) is 0 Å². The van der Waals surface area contributed by atoms with Crippen LogP contribution in [0.15, 0.2) is 24.3 Å². The monoisotopic (exact) mass is 288 g/mol. The van der Waals surface area contributed by atoms with E-state index in [1.54, 1.807) is 9.80 Å². The topological polar surface area (TPSA) is 60.9 Å². The second-order valence-corrected chi connectivity index (χ2v) is 5.65. The number of amides is 2. The van der Waals surface area contributed by atoms with E-state index in [-0.39, 0.29) is 31.0 Å². The van der Waals surface area contributed by atoms with Crippen molar-refractivity contribution in [3.63, 3.8) is 0 Å². The van der Waals surface area contributed by atoms with Crippen molar-refractivity contribution in [2.45, 2.75) is 25.3 Å². The summed E-state index contributed by atoms with van der Waals surface area (Å²) >= 11 is 0. The van der Waals surface area contributed by atoms with Gasteiger partial charge in [-0.3, -0.25) is 9.59 Å². The molecule has 1 aromatic rings. The number of nitrogens with zero attached hydrogens (tertiary/aromatic N) is 2. The first-order valence-electron chi connectivity index (χ1n) is 7.46. The number of benzene rings is 1. The van der Waals surface area contributed by atoms with E-state index >= 15 is 0 Å². The summed E-state index contributed by atoms with van der Waals surface area (Å²) in [4.78, 5) is 27.5. The smallest absolute Gasteiger partial charge is 0.242 e. The molecule has 2 aliphatic heterocycles. The van der Waals surface area contributed by atoms with Crippen LogP contribution in [0.5, 0.6) is 0 Å². The van der Waals surface area contributed by atoms with E-state index in [1.165, 1.54) is 5.56 Å². The van der Waals surface area contributed by atoms with Gasteiger partial charge in [-0.05, 0) is 24.0 Å². The number of likely N-dealkylation sites (tertiary alicyclic amines) is 1. The van der Waals surface area contributed by atoms with Crippen molar-refractivity contribution in [2.75, 3.05) is 26.2 Å². The lowest BCUT2D eigenvalue weighted by Crippen LogP contribution is -2.46.